The molecule has 98 valence electrons. The van der Waals surface area contributed by atoms with E-state index >= 15 is 0 Å². The molecular formula is C12H22N2O2S. The van der Waals surface area contributed by atoms with Crippen LogP contribution in [0.2, 0.25) is 0 Å². The summed E-state index contributed by atoms with van der Waals surface area (Å²) in [7, 11) is 0. The molecule has 1 aliphatic carbocycles. The molecule has 2 atom stereocenters. The van der Waals surface area contributed by atoms with E-state index in [2.05, 4.69) is 24.5 Å². The number of thioether (sulfide) groups is 1. The van der Waals surface area contributed by atoms with Crippen LogP contribution in [0, 0.1) is 5.92 Å². The lowest BCUT2D eigenvalue weighted by atomic mass is 10.1. The summed E-state index contributed by atoms with van der Waals surface area (Å²) < 4.78 is 0.0521. The van der Waals surface area contributed by atoms with Gasteiger partial charge in [-0.15, -0.1) is 0 Å². The quantitative estimate of drug-likeness (QED) is 0.653. The molecule has 3 N–H and O–H groups in total. The first kappa shape index (κ1) is 14.4. The van der Waals surface area contributed by atoms with E-state index in [4.69, 9.17) is 5.11 Å². The minimum atomic E-state index is -0.139. The topological polar surface area (TPSA) is 61.4 Å². The van der Waals surface area contributed by atoms with Crippen molar-refractivity contribution in [2.24, 2.45) is 5.92 Å². The molecule has 5 heteroatoms. The summed E-state index contributed by atoms with van der Waals surface area (Å²) in [4.78, 5) is 11.6. The van der Waals surface area contributed by atoms with Crippen LogP contribution in [0.1, 0.15) is 20.3 Å². The van der Waals surface area contributed by atoms with E-state index in [-0.39, 0.29) is 29.3 Å². The number of aliphatic hydroxyl groups is 1. The van der Waals surface area contributed by atoms with Crippen molar-refractivity contribution in [3.8, 4) is 0 Å². The molecule has 0 aromatic rings. The van der Waals surface area contributed by atoms with Gasteiger partial charge in [-0.25, -0.2) is 4.79 Å². The van der Waals surface area contributed by atoms with Crippen molar-refractivity contribution in [3.63, 3.8) is 0 Å². The van der Waals surface area contributed by atoms with Gasteiger partial charge in [0.1, 0.15) is 0 Å². The Morgan fingerprint density at radius 1 is 1.53 bits per heavy atom. The van der Waals surface area contributed by atoms with Gasteiger partial charge in [0.25, 0.3) is 0 Å². The first-order valence-electron chi connectivity index (χ1n) is 5.85. The second-order valence-electron chi connectivity index (χ2n) is 4.96. The minimum absolute atomic E-state index is 0.0459. The Morgan fingerprint density at radius 3 is 2.76 bits per heavy atom. The Labute approximate surface area is 107 Å². The number of amides is 2. The lowest BCUT2D eigenvalue weighted by Gasteiger charge is -2.23. The maximum atomic E-state index is 11.6. The van der Waals surface area contributed by atoms with E-state index in [1.54, 1.807) is 11.8 Å². The van der Waals surface area contributed by atoms with Gasteiger partial charge in [0.05, 0.1) is 0 Å². The number of nitrogens with one attached hydrogen (secondary N) is 2. The van der Waals surface area contributed by atoms with Crippen molar-refractivity contribution in [2.45, 2.75) is 31.1 Å². The third-order valence-corrected chi connectivity index (χ3v) is 4.20. The summed E-state index contributed by atoms with van der Waals surface area (Å²) in [6.07, 6.45) is 6.72. The lowest BCUT2D eigenvalue weighted by molar-refractivity contribution is 0.231. The predicted octanol–water partition coefficient (Wildman–Crippen LogP) is 1.36. The van der Waals surface area contributed by atoms with Crippen LogP contribution in [0.3, 0.4) is 0 Å². The van der Waals surface area contributed by atoms with Gasteiger partial charge in [-0.05, 0) is 26.5 Å². The van der Waals surface area contributed by atoms with E-state index in [9.17, 15) is 4.79 Å². The zero-order chi connectivity index (χ0) is 12.9. The van der Waals surface area contributed by atoms with Crippen LogP contribution >= 0.6 is 11.8 Å². The molecule has 0 saturated heterocycles. The summed E-state index contributed by atoms with van der Waals surface area (Å²) in [5, 5.41) is 14.7. The molecule has 17 heavy (non-hydrogen) atoms. The first-order chi connectivity index (χ1) is 7.96. The van der Waals surface area contributed by atoms with Crippen LogP contribution in [-0.4, -0.2) is 41.3 Å². The van der Waals surface area contributed by atoms with Gasteiger partial charge < -0.3 is 15.7 Å². The second-order valence-corrected chi connectivity index (χ2v) is 6.47. The Morgan fingerprint density at radius 2 is 2.24 bits per heavy atom. The van der Waals surface area contributed by atoms with Crippen LogP contribution in [0.5, 0.6) is 0 Å². The molecule has 0 aromatic carbocycles. The van der Waals surface area contributed by atoms with Gasteiger partial charge in [-0.2, -0.15) is 11.8 Å². The number of aliphatic hydroxyl groups excluding tert-OH is 1. The fourth-order valence-corrected chi connectivity index (χ4v) is 1.82. The summed E-state index contributed by atoms with van der Waals surface area (Å²) in [6.45, 7) is 4.97. The standard InChI is InChI=1S/C12H22N2O2S/c1-12(2,17-3)8-13-11(16)14-10-5-4-9(6-10)7-15/h4-5,9-10,15H,6-8H2,1-3H3,(H2,13,14,16)/t9-,10+/m0/s1. The molecular weight excluding hydrogens is 236 g/mol. The van der Waals surface area contributed by atoms with Crippen LogP contribution in [0.15, 0.2) is 12.2 Å². The Kier molecular flexibility index (Phi) is 5.33. The van der Waals surface area contributed by atoms with E-state index in [0.717, 1.165) is 6.42 Å². The number of carbonyl (C=O) groups is 1. The highest BCUT2D eigenvalue weighted by Gasteiger charge is 2.21. The number of hydrogen-bond acceptors (Lipinski definition) is 3. The Balaban J connectivity index is 2.25. The van der Waals surface area contributed by atoms with Gasteiger partial charge in [-0.1, -0.05) is 12.2 Å². The highest BCUT2D eigenvalue weighted by atomic mass is 32.2. The van der Waals surface area contributed by atoms with Gasteiger partial charge in [0, 0.05) is 29.9 Å². The minimum Gasteiger partial charge on any atom is -0.396 e. The van der Waals surface area contributed by atoms with Crippen molar-refractivity contribution in [3.05, 3.63) is 12.2 Å². The van der Waals surface area contributed by atoms with Crippen molar-refractivity contribution in [2.75, 3.05) is 19.4 Å². The zero-order valence-electron chi connectivity index (χ0n) is 10.7. The predicted molar refractivity (Wildman–Crippen MR) is 72.2 cm³/mol. The molecule has 0 aliphatic heterocycles. The highest BCUT2D eigenvalue weighted by Crippen LogP contribution is 2.19. The Bertz CT molecular complexity index is 292. The summed E-state index contributed by atoms with van der Waals surface area (Å²) in [6, 6.07) is -0.0927. The molecule has 0 unspecified atom stereocenters. The van der Waals surface area contributed by atoms with E-state index in [0.29, 0.717) is 6.54 Å². The molecule has 0 bridgehead atoms. The molecule has 0 heterocycles. The van der Waals surface area contributed by atoms with E-state index < -0.39 is 0 Å². The van der Waals surface area contributed by atoms with Crippen LogP contribution < -0.4 is 10.6 Å². The van der Waals surface area contributed by atoms with Crippen LogP contribution in [-0.2, 0) is 0 Å². The lowest BCUT2D eigenvalue weighted by Crippen LogP contribution is -2.45. The molecule has 2 amide bonds. The highest BCUT2D eigenvalue weighted by molar-refractivity contribution is 7.99. The molecule has 4 nitrogen and oxygen atoms in total. The average molecular weight is 258 g/mol. The molecule has 0 aromatic heterocycles. The van der Waals surface area contributed by atoms with Gasteiger partial charge >= 0.3 is 6.03 Å². The molecule has 0 radical (unpaired) electrons. The van der Waals surface area contributed by atoms with Gasteiger partial charge in [0.2, 0.25) is 0 Å². The fourth-order valence-electron chi connectivity index (χ4n) is 1.60. The second kappa shape index (κ2) is 6.31. The van der Waals surface area contributed by atoms with Crippen LogP contribution in [0.25, 0.3) is 0 Å². The van der Waals surface area contributed by atoms with Crippen molar-refractivity contribution >= 4 is 17.8 Å². The Hall–Kier alpha value is -0.680. The number of carbonyl (C=O) groups excluding carboxylic acids is 1. The van der Waals surface area contributed by atoms with E-state index in [1.165, 1.54) is 0 Å². The number of urea groups is 1. The van der Waals surface area contributed by atoms with Crippen LogP contribution in [0.4, 0.5) is 4.79 Å². The van der Waals surface area contributed by atoms with Crippen molar-refractivity contribution in [1.82, 2.24) is 10.6 Å². The van der Waals surface area contributed by atoms with E-state index in [1.807, 2.05) is 18.4 Å². The van der Waals surface area contributed by atoms with Crippen molar-refractivity contribution in [1.29, 1.82) is 0 Å². The maximum Gasteiger partial charge on any atom is 0.315 e. The number of hydrogen-bond donors (Lipinski definition) is 3. The monoisotopic (exact) mass is 258 g/mol. The molecule has 1 rings (SSSR count). The molecule has 0 spiro atoms. The normalized spacial score (nSPS) is 23.8. The summed E-state index contributed by atoms with van der Waals surface area (Å²) in [5.74, 6) is 0.183. The first-order valence-corrected chi connectivity index (χ1v) is 7.08. The summed E-state index contributed by atoms with van der Waals surface area (Å²) >= 11 is 1.73. The number of rotatable bonds is 5. The summed E-state index contributed by atoms with van der Waals surface area (Å²) in [5.41, 5.74) is 0. The smallest absolute Gasteiger partial charge is 0.315 e. The third-order valence-electron chi connectivity index (χ3n) is 2.95. The SMILES string of the molecule is CSC(C)(C)CNC(=O)N[C@@H]1C=C[C@H](CO)C1. The molecule has 0 fully saturated rings. The average Bonchev–Trinajstić information content (AvgIpc) is 2.74. The van der Waals surface area contributed by atoms with Gasteiger partial charge in [0.15, 0.2) is 0 Å². The fraction of sp³-hybridized carbons (Fsp3) is 0.750. The van der Waals surface area contributed by atoms with Crippen molar-refractivity contribution < 1.29 is 9.90 Å². The third kappa shape index (κ3) is 5.00. The molecule has 0 saturated carbocycles. The molecule has 1 aliphatic rings. The van der Waals surface area contributed by atoms with Gasteiger partial charge in [-0.3, -0.25) is 0 Å². The zero-order valence-corrected chi connectivity index (χ0v) is 11.5. The maximum absolute atomic E-state index is 11.6. The largest absolute Gasteiger partial charge is 0.396 e.